The number of hydrogen-bond acceptors (Lipinski definition) is 18. The number of esters is 1. The van der Waals surface area contributed by atoms with Gasteiger partial charge in [-0.2, -0.15) is 0 Å². The zero-order valence-corrected chi connectivity index (χ0v) is 42.8. The first-order valence-corrected chi connectivity index (χ1v) is 25.8. The van der Waals surface area contributed by atoms with E-state index in [9.17, 15) is 38.4 Å². The Bertz CT molecular complexity index is 2160. The zero-order valence-electron chi connectivity index (χ0n) is 42.0. The molecule has 18 atom stereocenters. The lowest BCUT2D eigenvalue weighted by Gasteiger charge is -2.49. The third kappa shape index (κ3) is 12.3. The summed E-state index contributed by atoms with van der Waals surface area (Å²) in [6, 6.07) is 5.95. The summed E-state index contributed by atoms with van der Waals surface area (Å²) in [6.07, 6.45) is -6.49. The van der Waals surface area contributed by atoms with E-state index in [0.29, 0.717) is 32.4 Å². The Hall–Kier alpha value is -3.03. The SMILES string of the molecule is CC[C@H]1OC(=O)[C@H](C)[C@@H](O[C@H]2C[C@@](C)(OC)[C@@H](O)[C@H](C)O2)[C@H](C)[C@@H](O[C@@H]2O[C@H](C)C[C@H](N(C)CCc3cn(CCc4ccc(S(N)(=O)=O)cc4)nn3)[C@H]2O)[C@@]2(C)C[C@@H](CO2)C(=O)[C@H](C)[C@@H](O)[C@]1(C)O. The molecule has 21 heteroatoms. The van der Waals surface area contributed by atoms with Crippen molar-refractivity contribution in [3.8, 4) is 0 Å². The number of ether oxygens (including phenoxy) is 7. The molecule has 4 aliphatic heterocycles. The summed E-state index contributed by atoms with van der Waals surface area (Å²) in [5.74, 6) is -4.64. The maximum absolute atomic E-state index is 14.4. The first-order valence-electron chi connectivity index (χ1n) is 24.3. The van der Waals surface area contributed by atoms with Crippen molar-refractivity contribution < 1.29 is 71.6 Å². The molecule has 0 spiro atoms. The van der Waals surface area contributed by atoms with Gasteiger partial charge in [-0.1, -0.05) is 38.1 Å². The summed E-state index contributed by atoms with van der Waals surface area (Å²) in [6.45, 7) is 16.3. The average molecular weight is 996 g/mol. The molecule has 6 N–H and O–H groups in total. The van der Waals surface area contributed by atoms with Crippen LogP contribution >= 0.6 is 0 Å². The number of ketones is 1. The van der Waals surface area contributed by atoms with Crippen molar-refractivity contribution in [1.82, 2.24) is 19.9 Å². The van der Waals surface area contributed by atoms with Crippen molar-refractivity contribution in [2.75, 3.05) is 27.3 Å². The Morgan fingerprint density at radius 2 is 1.64 bits per heavy atom. The van der Waals surface area contributed by atoms with Gasteiger partial charge in [0.25, 0.3) is 0 Å². The fourth-order valence-electron chi connectivity index (χ4n) is 10.8. The van der Waals surface area contributed by atoms with Gasteiger partial charge in [0.1, 0.15) is 29.7 Å². The van der Waals surface area contributed by atoms with Crippen molar-refractivity contribution in [1.29, 1.82) is 0 Å². The normalized spacial score (nSPS) is 40.7. The van der Waals surface area contributed by atoms with Crippen molar-refractivity contribution >= 4 is 21.8 Å². The van der Waals surface area contributed by atoms with Crippen LogP contribution in [0.5, 0.6) is 0 Å². The van der Waals surface area contributed by atoms with E-state index in [1.165, 1.54) is 26.2 Å². The minimum Gasteiger partial charge on any atom is -0.459 e. The predicted molar refractivity (Wildman–Crippen MR) is 249 cm³/mol. The highest BCUT2D eigenvalue weighted by molar-refractivity contribution is 7.89. The number of benzene rings is 1. The number of aryl methyl sites for hydroxylation is 2. The molecule has 4 saturated heterocycles. The second kappa shape index (κ2) is 22.0. The van der Waals surface area contributed by atoms with Crippen LogP contribution in [-0.4, -0.2) is 172 Å². The average Bonchev–Trinajstić information content (AvgIpc) is 3.95. The third-order valence-electron chi connectivity index (χ3n) is 15.4. The van der Waals surface area contributed by atoms with Crippen LogP contribution in [0.1, 0.15) is 99.3 Å². The Labute approximate surface area is 406 Å². The van der Waals surface area contributed by atoms with Crippen molar-refractivity contribution in [2.24, 2.45) is 28.8 Å². The summed E-state index contributed by atoms with van der Waals surface area (Å²) in [5.41, 5.74) is -2.65. The maximum atomic E-state index is 14.4. The van der Waals surface area contributed by atoms with Gasteiger partial charge in [-0.3, -0.25) is 14.3 Å². The summed E-state index contributed by atoms with van der Waals surface area (Å²) in [5, 5.41) is 60.5. The molecular formula is C48H77N5O15S. The highest BCUT2D eigenvalue weighted by Crippen LogP contribution is 2.44. The van der Waals surface area contributed by atoms with Crippen molar-refractivity contribution in [3.63, 3.8) is 0 Å². The number of nitrogens with zero attached hydrogens (tertiary/aromatic N) is 4. The van der Waals surface area contributed by atoms with E-state index < -0.39 is 118 Å². The fraction of sp³-hybridized carbons (Fsp3) is 0.792. The Balaban J connectivity index is 1.25. The van der Waals surface area contributed by atoms with Crippen LogP contribution in [0.15, 0.2) is 35.4 Å². The molecule has 390 valence electrons. The van der Waals surface area contributed by atoms with Crippen molar-refractivity contribution in [3.05, 3.63) is 41.7 Å². The van der Waals surface area contributed by atoms with Crippen LogP contribution in [0.25, 0.3) is 0 Å². The highest BCUT2D eigenvalue weighted by Gasteiger charge is 2.56. The molecule has 2 aromatic rings. The van der Waals surface area contributed by atoms with Gasteiger partial charge in [0.05, 0.1) is 64.8 Å². The molecule has 1 aromatic carbocycles. The number of sulfonamides is 1. The van der Waals surface area contributed by atoms with Crippen LogP contribution in [0.4, 0.5) is 0 Å². The number of methoxy groups -OCH3 is 1. The van der Waals surface area contributed by atoms with Crippen LogP contribution < -0.4 is 5.14 Å². The molecule has 5 heterocycles. The highest BCUT2D eigenvalue weighted by atomic mass is 32.2. The molecule has 1 aromatic heterocycles. The number of aliphatic hydroxyl groups excluding tert-OH is 3. The molecule has 0 saturated carbocycles. The van der Waals surface area contributed by atoms with Crippen LogP contribution in [-0.2, 0) is 72.2 Å². The molecule has 6 rings (SSSR count). The van der Waals surface area contributed by atoms with E-state index in [0.717, 1.165) is 11.3 Å². The maximum Gasteiger partial charge on any atom is 0.311 e. The largest absolute Gasteiger partial charge is 0.459 e. The van der Waals surface area contributed by atoms with E-state index in [4.69, 9.17) is 38.3 Å². The molecule has 0 aliphatic carbocycles. The Morgan fingerprint density at radius 3 is 2.28 bits per heavy atom. The lowest BCUT2D eigenvalue weighted by atomic mass is 9.75. The molecule has 0 unspecified atom stereocenters. The summed E-state index contributed by atoms with van der Waals surface area (Å²) in [4.78, 5) is 30.7. The lowest BCUT2D eigenvalue weighted by molar-refractivity contribution is -0.317. The monoisotopic (exact) mass is 996 g/mol. The number of cyclic esters (lactones) is 1. The van der Waals surface area contributed by atoms with E-state index >= 15 is 0 Å². The van der Waals surface area contributed by atoms with E-state index in [2.05, 4.69) is 10.3 Å². The third-order valence-corrected chi connectivity index (χ3v) is 16.3. The van der Waals surface area contributed by atoms with Crippen LogP contribution in [0.2, 0.25) is 0 Å². The quantitative estimate of drug-likeness (QED) is 0.169. The number of likely N-dealkylation sites (N-methyl/N-ethyl adjacent to an activating group) is 1. The number of rotatable bonds is 14. The number of fused-ring (bicyclic) bond motifs is 2. The number of aliphatic hydroxyl groups is 4. The topological polar surface area (TPSA) is 274 Å². The summed E-state index contributed by atoms with van der Waals surface area (Å²) < 4.78 is 69.8. The van der Waals surface area contributed by atoms with Gasteiger partial charge < -0.3 is 58.5 Å². The predicted octanol–water partition coefficient (Wildman–Crippen LogP) is 1.90. The molecule has 69 heavy (non-hydrogen) atoms. The van der Waals surface area contributed by atoms with Gasteiger partial charge in [-0.25, -0.2) is 13.6 Å². The van der Waals surface area contributed by atoms with Crippen LogP contribution in [0.3, 0.4) is 0 Å². The smallest absolute Gasteiger partial charge is 0.311 e. The van der Waals surface area contributed by atoms with E-state index in [-0.39, 0.29) is 42.7 Å². The second-order valence-electron chi connectivity index (χ2n) is 20.7. The number of primary sulfonamides is 1. The molecule has 0 radical (unpaired) electrons. The first-order chi connectivity index (χ1) is 32.2. The minimum atomic E-state index is -3.78. The van der Waals surface area contributed by atoms with E-state index in [1.54, 1.807) is 51.4 Å². The van der Waals surface area contributed by atoms with Gasteiger partial charge >= 0.3 is 5.97 Å². The van der Waals surface area contributed by atoms with Crippen molar-refractivity contribution in [2.45, 2.75) is 197 Å². The fourth-order valence-corrected chi connectivity index (χ4v) is 11.3. The first kappa shape index (κ1) is 55.3. The number of carbonyl (C=O) groups is 2. The van der Waals surface area contributed by atoms with Gasteiger partial charge in [0.15, 0.2) is 12.6 Å². The standard InChI is InChI=1S/C48H77N5O15S/c1-12-36-48(9,59)41(56)27(3)38(54)32-22-47(8,63-25-32)43(28(4)40(29(5)44(58)66-36)67-37-23-46(7,62-11)42(57)30(6)65-37)68-45-39(55)35(21-26(2)64-45)52(10)19-18-33-24-53(51-50-33)20-17-31-13-15-34(16-14-31)69(49,60)61/h13-16,24,26-30,32,35-37,39-43,45,55-57,59H,12,17-23,25H2,1-11H3,(H2,49,60,61)/t26-,27+,28+,29-,30+,32+,35+,36-,37+,39-,40+,41-,42+,43-,45+,46-,47-,48-/m1/s1. The van der Waals surface area contributed by atoms with Crippen LogP contribution in [0, 0.1) is 23.7 Å². The molecular weight excluding hydrogens is 919 g/mol. The number of Topliss-reactive ketones (excluding diaryl/α,β-unsaturated/α-hetero) is 1. The second-order valence-corrected chi connectivity index (χ2v) is 22.3. The molecule has 2 bridgehead atoms. The summed E-state index contributed by atoms with van der Waals surface area (Å²) >= 11 is 0. The number of hydrogen-bond donors (Lipinski definition) is 5. The van der Waals surface area contributed by atoms with Gasteiger partial charge in [-0.05, 0) is 92.0 Å². The molecule has 4 aliphatic rings. The van der Waals surface area contributed by atoms with Gasteiger partial charge in [-0.15, -0.1) is 5.10 Å². The Kier molecular flexibility index (Phi) is 17.6. The zero-order chi connectivity index (χ0) is 51.0. The number of nitrogens with two attached hydrogens (primary N) is 1. The van der Waals surface area contributed by atoms with Gasteiger partial charge in [0.2, 0.25) is 10.0 Å². The Morgan fingerprint density at radius 1 is 0.957 bits per heavy atom. The molecule has 4 fully saturated rings. The minimum absolute atomic E-state index is 0.0169. The number of aromatic nitrogens is 3. The van der Waals surface area contributed by atoms with Gasteiger partial charge in [0, 0.05) is 63.0 Å². The summed E-state index contributed by atoms with van der Waals surface area (Å²) in [7, 11) is -0.383. The molecule has 0 amide bonds. The molecule has 20 nitrogen and oxygen atoms in total. The number of carbonyl (C=O) groups excluding carboxylic acids is 2. The lowest BCUT2D eigenvalue weighted by Crippen LogP contribution is -2.61. The van der Waals surface area contributed by atoms with E-state index in [1.807, 2.05) is 38.9 Å².